The normalized spacial score (nSPS) is 11.1. The number of carbonyl (C=O) groups excluding carboxylic acids is 1. The Labute approximate surface area is 163 Å². The summed E-state index contributed by atoms with van der Waals surface area (Å²) >= 11 is 0. The van der Waals surface area contributed by atoms with Gasteiger partial charge in [-0.2, -0.15) is 0 Å². The van der Waals surface area contributed by atoms with E-state index in [0.29, 0.717) is 24.6 Å². The molecular formula is C23H23N3O2. The van der Waals surface area contributed by atoms with E-state index in [-0.39, 0.29) is 5.91 Å². The Kier molecular flexibility index (Phi) is 4.74. The first-order valence-corrected chi connectivity index (χ1v) is 9.37. The number of fused-ring (bicyclic) bond motifs is 1. The first-order valence-electron chi connectivity index (χ1n) is 9.37. The number of carbonyl (C=O) groups is 1. The van der Waals surface area contributed by atoms with Crippen molar-refractivity contribution in [1.29, 1.82) is 0 Å². The van der Waals surface area contributed by atoms with Crippen LogP contribution in [-0.4, -0.2) is 15.9 Å². The molecule has 0 atom stereocenters. The van der Waals surface area contributed by atoms with E-state index in [9.17, 15) is 4.79 Å². The maximum absolute atomic E-state index is 12.4. The van der Waals surface area contributed by atoms with Gasteiger partial charge in [-0.25, -0.2) is 4.98 Å². The smallest absolute Gasteiger partial charge is 0.287 e. The maximum atomic E-state index is 12.4. The average Bonchev–Trinajstić information content (AvgIpc) is 3.29. The Hall–Kier alpha value is -3.34. The van der Waals surface area contributed by atoms with Crippen LogP contribution in [0, 0.1) is 20.8 Å². The summed E-state index contributed by atoms with van der Waals surface area (Å²) in [5.74, 6) is 1.56. The van der Waals surface area contributed by atoms with E-state index >= 15 is 0 Å². The van der Waals surface area contributed by atoms with Crippen molar-refractivity contribution in [2.75, 3.05) is 0 Å². The number of aromatic nitrogens is 2. The predicted octanol–water partition coefficient (Wildman–Crippen LogP) is 4.60. The predicted molar refractivity (Wildman–Crippen MR) is 109 cm³/mol. The van der Waals surface area contributed by atoms with Gasteiger partial charge in [-0.1, -0.05) is 29.8 Å². The molecule has 4 rings (SSSR count). The van der Waals surface area contributed by atoms with Crippen LogP contribution in [0.25, 0.3) is 11.0 Å². The lowest BCUT2D eigenvalue weighted by Gasteiger charge is -2.10. The molecule has 0 fully saturated rings. The highest BCUT2D eigenvalue weighted by atomic mass is 16.3. The van der Waals surface area contributed by atoms with Crippen LogP contribution in [0.3, 0.4) is 0 Å². The van der Waals surface area contributed by atoms with Gasteiger partial charge in [0.1, 0.15) is 11.6 Å². The van der Waals surface area contributed by atoms with Gasteiger partial charge in [0.05, 0.1) is 17.6 Å². The number of H-pyrrole nitrogens is 1. The monoisotopic (exact) mass is 373 g/mol. The fraction of sp³-hybridized carbons (Fsp3) is 0.217. The van der Waals surface area contributed by atoms with Crippen LogP contribution >= 0.6 is 0 Å². The zero-order valence-corrected chi connectivity index (χ0v) is 16.3. The topological polar surface area (TPSA) is 70.9 Å². The first-order chi connectivity index (χ1) is 13.5. The molecule has 0 spiro atoms. The van der Waals surface area contributed by atoms with E-state index in [2.05, 4.69) is 48.2 Å². The molecular weight excluding hydrogens is 350 g/mol. The third-order valence-corrected chi connectivity index (χ3v) is 4.93. The van der Waals surface area contributed by atoms with E-state index in [4.69, 9.17) is 4.42 Å². The van der Waals surface area contributed by atoms with E-state index in [1.54, 1.807) is 6.07 Å². The number of nitrogens with zero attached hydrogens (tertiary/aromatic N) is 1. The molecule has 2 heterocycles. The summed E-state index contributed by atoms with van der Waals surface area (Å²) in [4.78, 5) is 20.1. The number of aromatic amines is 1. The standard InChI is InChI=1S/C23H23N3O2/c1-14-10-15(2)18(16(3)11-14)12-17-8-9-21(28-17)23(27)24-13-22-25-19-6-4-5-7-20(19)26-22/h4-11H,12-13H2,1-3H3,(H,24,27)(H,25,26). The summed E-state index contributed by atoms with van der Waals surface area (Å²) in [5.41, 5.74) is 6.82. The largest absolute Gasteiger partial charge is 0.456 e. The van der Waals surface area contributed by atoms with Crippen LogP contribution in [0.5, 0.6) is 0 Å². The summed E-state index contributed by atoms with van der Waals surface area (Å²) in [6.07, 6.45) is 0.675. The van der Waals surface area contributed by atoms with Crippen molar-refractivity contribution in [2.24, 2.45) is 0 Å². The van der Waals surface area contributed by atoms with Gasteiger partial charge in [0.15, 0.2) is 5.76 Å². The minimum atomic E-state index is -0.246. The first kappa shape index (κ1) is 18.0. The van der Waals surface area contributed by atoms with Gasteiger partial charge in [0.2, 0.25) is 0 Å². The highest BCUT2D eigenvalue weighted by Crippen LogP contribution is 2.21. The molecule has 0 unspecified atom stereocenters. The van der Waals surface area contributed by atoms with Gasteiger partial charge in [0.25, 0.3) is 5.91 Å². The Morgan fingerprint density at radius 1 is 1.07 bits per heavy atom. The Bertz CT molecular complexity index is 1100. The third-order valence-electron chi connectivity index (χ3n) is 4.93. The second-order valence-corrected chi connectivity index (χ2v) is 7.20. The molecule has 142 valence electrons. The summed E-state index contributed by atoms with van der Waals surface area (Å²) in [6.45, 7) is 6.64. The molecule has 2 N–H and O–H groups in total. The minimum Gasteiger partial charge on any atom is -0.456 e. The number of nitrogens with one attached hydrogen (secondary N) is 2. The lowest BCUT2D eigenvalue weighted by molar-refractivity contribution is 0.0920. The molecule has 28 heavy (non-hydrogen) atoms. The van der Waals surface area contributed by atoms with Crippen molar-refractivity contribution in [3.8, 4) is 0 Å². The summed E-state index contributed by atoms with van der Waals surface area (Å²) in [6, 6.07) is 15.7. The lowest BCUT2D eigenvalue weighted by atomic mass is 9.97. The second-order valence-electron chi connectivity index (χ2n) is 7.20. The highest BCUT2D eigenvalue weighted by molar-refractivity contribution is 5.91. The van der Waals surface area contributed by atoms with E-state index in [1.807, 2.05) is 30.3 Å². The van der Waals surface area contributed by atoms with Crippen molar-refractivity contribution in [3.63, 3.8) is 0 Å². The molecule has 0 saturated heterocycles. The van der Waals surface area contributed by atoms with Gasteiger partial charge in [-0.3, -0.25) is 4.79 Å². The molecule has 2 aromatic carbocycles. The number of amides is 1. The molecule has 0 aliphatic rings. The van der Waals surface area contributed by atoms with Crippen molar-refractivity contribution in [3.05, 3.63) is 88.1 Å². The van der Waals surface area contributed by atoms with Gasteiger partial charge < -0.3 is 14.7 Å². The fourth-order valence-electron chi connectivity index (χ4n) is 3.60. The number of imidazole rings is 1. The summed E-state index contributed by atoms with van der Waals surface area (Å²) < 4.78 is 5.79. The third kappa shape index (κ3) is 3.69. The molecule has 0 aliphatic heterocycles. The number of aryl methyl sites for hydroxylation is 3. The van der Waals surface area contributed by atoms with Crippen LogP contribution in [0.2, 0.25) is 0 Å². The molecule has 5 heteroatoms. The number of benzene rings is 2. The van der Waals surface area contributed by atoms with Crippen LogP contribution in [0.4, 0.5) is 0 Å². The second kappa shape index (κ2) is 7.35. The van der Waals surface area contributed by atoms with Gasteiger partial charge in [-0.05, 0) is 61.7 Å². The van der Waals surface area contributed by atoms with Crippen molar-refractivity contribution in [1.82, 2.24) is 15.3 Å². The molecule has 2 aromatic heterocycles. The molecule has 5 nitrogen and oxygen atoms in total. The van der Waals surface area contributed by atoms with Crippen molar-refractivity contribution < 1.29 is 9.21 Å². The Morgan fingerprint density at radius 3 is 2.57 bits per heavy atom. The lowest BCUT2D eigenvalue weighted by Crippen LogP contribution is -2.22. The number of furan rings is 1. The van der Waals surface area contributed by atoms with Gasteiger partial charge in [-0.15, -0.1) is 0 Å². The van der Waals surface area contributed by atoms with Crippen LogP contribution in [0.15, 0.2) is 52.9 Å². The van der Waals surface area contributed by atoms with Gasteiger partial charge >= 0.3 is 0 Å². The van der Waals surface area contributed by atoms with Crippen molar-refractivity contribution in [2.45, 2.75) is 33.7 Å². The quantitative estimate of drug-likeness (QED) is 0.537. The molecule has 0 aliphatic carbocycles. The highest BCUT2D eigenvalue weighted by Gasteiger charge is 2.14. The maximum Gasteiger partial charge on any atom is 0.287 e. The Morgan fingerprint density at radius 2 is 1.82 bits per heavy atom. The minimum absolute atomic E-state index is 0.246. The summed E-state index contributed by atoms with van der Waals surface area (Å²) in [7, 11) is 0. The molecule has 0 radical (unpaired) electrons. The van der Waals surface area contributed by atoms with Crippen LogP contribution < -0.4 is 5.32 Å². The average molecular weight is 373 g/mol. The molecule has 0 saturated carbocycles. The zero-order chi connectivity index (χ0) is 19.7. The van der Waals surface area contributed by atoms with Crippen molar-refractivity contribution >= 4 is 16.9 Å². The molecule has 1 amide bonds. The Balaban J connectivity index is 1.43. The fourth-order valence-corrected chi connectivity index (χ4v) is 3.60. The van der Waals surface area contributed by atoms with Crippen LogP contribution in [0.1, 0.15) is 44.4 Å². The van der Waals surface area contributed by atoms with E-state index < -0.39 is 0 Å². The SMILES string of the molecule is Cc1cc(C)c(Cc2ccc(C(=O)NCc3nc4ccccc4[nH]3)o2)c(C)c1. The zero-order valence-electron chi connectivity index (χ0n) is 16.3. The number of hydrogen-bond donors (Lipinski definition) is 2. The van der Waals surface area contributed by atoms with Crippen LogP contribution in [-0.2, 0) is 13.0 Å². The number of para-hydroxylation sites is 2. The molecule has 4 aromatic rings. The molecule has 0 bridgehead atoms. The van der Waals surface area contributed by atoms with Gasteiger partial charge in [0, 0.05) is 6.42 Å². The number of rotatable bonds is 5. The van der Waals surface area contributed by atoms with E-state index in [1.165, 1.54) is 22.3 Å². The summed E-state index contributed by atoms with van der Waals surface area (Å²) in [5, 5.41) is 2.86. The number of hydrogen-bond acceptors (Lipinski definition) is 3. The van der Waals surface area contributed by atoms with E-state index in [0.717, 1.165) is 16.8 Å².